The average molecular weight is 527 g/mol. The Morgan fingerprint density at radius 3 is 2.30 bits per heavy atom. The summed E-state index contributed by atoms with van der Waals surface area (Å²) >= 11 is 1.39. The molecule has 2 N–H and O–H groups in total. The number of thioether (sulfide) groups is 1. The number of aromatic nitrogens is 2. The maximum Gasteiger partial charge on any atom is 0.238 e. The summed E-state index contributed by atoms with van der Waals surface area (Å²) in [5.74, 6) is 0.117. The first-order valence-corrected chi connectivity index (χ1v) is 13.7. The van der Waals surface area contributed by atoms with Crippen LogP contribution in [0, 0.1) is 17.1 Å². The zero-order valence-corrected chi connectivity index (χ0v) is 20.9. The molecule has 3 aromatic carbocycles. The van der Waals surface area contributed by atoms with E-state index in [1.165, 1.54) is 36.0 Å². The second-order valence-electron chi connectivity index (χ2n) is 8.21. The van der Waals surface area contributed by atoms with Gasteiger partial charge in [-0.05, 0) is 60.2 Å². The molecular formula is C28H19FN4O2S2. The Morgan fingerprint density at radius 2 is 1.59 bits per heavy atom. The van der Waals surface area contributed by atoms with Crippen LogP contribution in [0.25, 0.3) is 33.3 Å². The van der Waals surface area contributed by atoms with Crippen molar-refractivity contribution in [3.8, 4) is 28.5 Å². The number of nitrogens with zero attached hydrogens (tertiary/aromatic N) is 3. The van der Waals surface area contributed by atoms with Crippen LogP contribution in [0.3, 0.4) is 0 Å². The molecule has 2 heterocycles. The second-order valence-corrected chi connectivity index (χ2v) is 10.7. The smallest absolute Gasteiger partial charge is 0.238 e. The summed E-state index contributed by atoms with van der Waals surface area (Å²) < 4.78 is 37.0. The molecule has 0 amide bonds. The van der Waals surface area contributed by atoms with Crippen LogP contribution in [0.2, 0.25) is 0 Å². The number of para-hydroxylation sites is 1. The average Bonchev–Trinajstić information content (AvgIpc) is 2.91. The zero-order valence-electron chi connectivity index (χ0n) is 19.3. The summed E-state index contributed by atoms with van der Waals surface area (Å²) in [6.45, 7) is 0. The normalized spacial score (nSPS) is 11.4. The van der Waals surface area contributed by atoms with Gasteiger partial charge in [-0.2, -0.15) is 5.26 Å². The van der Waals surface area contributed by atoms with Gasteiger partial charge in [-0.1, -0.05) is 48.2 Å². The minimum Gasteiger partial charge on any atom is -0.252 e. The van der Waals surface area contributed by atoms with Crippen molar-refractivity contribution in [1.29, 1.82) is 5.26 Å². The van der Waals surface area contributed by atoms with Gasteiger partial charge >= 0.3 is 0 Å². The van der Waals surface area contributed by atoms with E-state index >= 15 is 0 Å². The molecule has 0 spiro atoms. The predicted octanol–water partition coefficient (Wildman–Crippen LogP) is 5.91. The second kappa shape index (κ2) is 10.1. The fourth-order valence-electron chi connectivity index (χ4n) is 3.89. The molecule has 0 radical (unpaired) electrons. The summed E-state index contributed by atoms with van der Waals surface area (Å²) in [6, 6.07) is 27.7. The SMILES string of the molecule is N#Cc1cc(-c2ccc(S(N)(=O)=O)cc2)c(-c2ccc(F)cc2)nc1SCc1ccc2ccccc2n1. The molecule has 37 heavy (non-hydrogen) atoms. The van der Waals surface area contributed by atoms with Crippen molar-refractivity contribution in [2.24, 2.45) is 5.14 Å². The van der Waals surface area contributed by atoms with Crippen molar-refractivity contribution in [2.75, 3.05) is 0 Å². The highest BCUT2D eigenvalue weighted by Gasteiger charge is 2.17. The largest absolute Gasteiger partial charge is 0.252 e. The lowest BCUT2D eigenvalue weighted by Gasteiger charge is -2.14. The number of fused-ring (bicyclic) bond motifs is 1. The molecule has 0 unspecified atom stereocenters. The van der Waals surface area contributed by atoms with Gasteiger partial charge in [-0.15, -0.1) is 0 Å². The van der Waals surface area contributed by atoms with Crippen LogP contribution in [0.1, 0.15) is 11.3 Å². The topological polar surface area (TPSA) is 110 Å². The fourth-order valence-corrected chi connectivity index (χ4v) is 5.27. The van der Waals surface area contributed by atoms with Gasteiger partial charge in [0.1, 0.15) is 16.9 Å². The Bertz CT molecular complexity index is 1770. The van der Waals surface area contributed by atoms with Crippen molar-refractivity contribution in [3.63, 3.8) is 0 Å². The summed E-state index contributed by atoms with van der Waals surface area (Å²) in [4.78, 5) is 9.49. The Balaban J connectivity index is 1.57. The van der Waals surface area contributed by atoms with Crippen LogP contribution in [-0.4, -0.2) is 18.4 Å². The van der Waals surface area contributed by atoms with E-state index in [0.717, 1.165) is 16.6 Å². The van der Waals surface area contributed by atoms with Crippen molar-refractivity contribution in [1.82, 2.24) is 9.97 Å². The van der Waals surface area contributed by atoms with Crippen molar-refractivity contribution in [3.05, 3.63) is 108 Å². The summed E-state index contributed by atoms with van der Waals surface area (Å²) in [5, 5.41) is 16.7. The van der Waals surface area contributed by atoms with Crippen LogP contribution in [-0.2, 0) is 15.8 Å². The number of benzene rings is 3. The number of pyridine rings is 2. The first-order valence-electron chi connectivity index (χ1n) is 11.1. The quantitative estimate of drug-likeness (QED) is 0.275. The molecule has 0 atom stereocenters. The van der Waals surface area contributed by atoms with Gasteiger partial charge in [0.05, 0.1) is 27.4 Å². The maximum absolute atomic E-state index is 13.7. The third-order valence-electron chi connectivity index (χ3n) is 5.73. The molecule has 0 fully saturated rings. The van der Waals surface area contributed by atoms with Gasteiger partial charge in [-0.25, -0.2) is 22.9 Å². The highest BCUT2D eigenvalue weighted by molar-refractivity contribution is 7.98. The predicted molar refractivity (Wildman–Crippen MR) is 142 cm³/mol. The molecule has 0 aliphatic heterocycles. The van der Waals surface area contributed by atoms with Crippen LogP contribution >= 0.6 is 11.8 Å². The van der Waals surface area contributed by atoms with Crippen LogP contribution in [0.15, 0.2) is 101 Å². The Kier molecular flexibility index (Phi) is 6.72. The van der Waals surface area contributed by atoms with Crippen molar-refractivity contribution < 1.29 is 12.8 Å². The van der Waals surface area contributed by atoms with Gasteiger partial charge in [0.25, 0.3) is 0 Å². The molecule has 5 aromatic rings. The number of nitriles is 1. The number of sulfonamides is 1. The van der Waals surface area contributed by atoms with E-state index in [2.05, 4.69) is 6.07 Å². The Hall–Kier alpha value is -4.10. The van der Waals surface area contributed by atoms with E-state index in [4.69, 9.17) is 15.1 Å². The zero-order chi connectivity index (χ0) is 26.0. The molecule has 6 nitrogen and oxygen atoms in total. The lowest BCUT2D eigenvalue weighted by molar-refractivity contribution is 0.598. The molecular weight excluding hydrogens is 507 g/mol. The molecule has 5 rings (SSSR count). The number of nitrogens with two attached hydrogens (primary N) is 1. The number of hydrogen-bond donors (Lipinski definition) is 1. The Labute approximate surface area is 217 Å². The van der Waals surface area contributed by atoms with Gasteiger partial charge in [0, 0.05) is 22.3 Å². The molecule has 0 aliphatic rings. The van der Waals surface area contributed by atoms with E-state index in [-0.39, 0.29) is 10.7 Å². The molecule has 0 saturated heterocycles. The van der Waals surface area contributed by atoms with E-state index in [1.54, 1.807) is 30.3 Å². The number of primary sulfonamides is 1. The lowest BCUT2D eigenvalue weighted by Crippen LogP contribution is -2.11. The first kappa shape index (κ1) is 24.6. The van der Waals surface area contributed by atoms with E-state index in [1.807, 2.05) is 36.4 Å². The van der Waals surface area contributed by atoms with Crippen LogP contribution < -0.4 is 5.14 Å². The van der Waals surface area contributed by atoms with E-state index in [9.17, 15) is 18.1 Å². The van der Waals surface area contributed by atoms with Crippen LogP contribution in [0.5, 0.6) is 0 Å². The summed E-state index contributed by atoms with van der Waals surface area (Å²) in [6.07, 6.45) is 0. The molecule has 0 saturated carbocycles. The molecule has 0 bridgehead atoms. The third kappa shape index (κ3) is 5.37. The highest BCUT2D eigenvalue weighted by Crippen LogP contribution is 2.36. The minimum atomic E-state index is -3.85. The number of halogens is 1. The van der Waals surface area contributed by atoms with Crippen molar-refractivity contribution in [2.45, 2.75) is 15.7 Å². The summed E-state index contributed by atoms with van der Waals surface area (Å²) in [7, 11) is -3.85. The first-order chi connectivity index (χ1) is 17.8. The third-order valence-corrected chi connectivity index (χ3v) is 7.69. The Morgan fingerprint density at radius 1 is 0.892 bits per heavy atom. The number of rotatable bonds is 6. The fraction of sp³-hybridized carbons (Fsp3) is 0.0357. The van der Waals surface area contributed by atoms with Gasteiger partial charge in [-0.3, -0.25) is 4.98 Å². The van der Waals surface area contributed by atoms with E-state index < -0.39 is 10.0 Å². The highest BCUT2D eigenvalue weighted by atomic mass is 32.2. The number of hydrogen-bond acceptors (Lipinski definition) is 6. The van der Waals surface area contributed by atoms with Crippen molar-refractivity contribution >= 4 is 32.7 Å². The maximum atomic E-state index is 13.7. The summed E-state index contributed by atoms with van der Waals surface area (Å²) in [5.41, 5.74) is 4.54. The van der Waals surface area contributed by atoms with Gasteiger partial charge in [0.15, 0.2) is 0 Å². The minimum absolute atomic E-state index is 0.0249. The molecule has 2 aromatic heterocycles. The van der Waals surface area contributed by atoms with Crippen LogP contribution in [0.4, 0.5) is 4.39 Å². The standard InChI is InChI=1S/C28H19FN4O2S2/c29-22-10-5-20(6-11-22)27-25(18-8-13-24(14-9-18)37(31,34)35)15-21(16-30)28(33-27)36-17-23-12-7-19-3-1-2-4-26(19)32-23/h1-15H,17H2,(H2,31,34,35). The van der Waals surface area contributed by atoms with E-state index in [0.29, 0.717) is 38.7 Å². The molecule has 9 heteroatoms. The monoisotopic (exact) mass is 526 g/mol. The lowest BCUT2D eigenvalue weighted by atomic mass is 9.98. The molecule has 182 valence electrons. The van der Waals surface area contributed by atoms with Gasteiger partial charge < -0.3 is 0 Å². The van der Waals surface area contributed by atoms with Gasteiger partial charge in [0.2, 0.25) is 10.0 Å². The molecule has 0 aliphatic carbocycles.